The predicted octanol–water partition coefficient (Wildman–Crippen LogP) is 15.3. The average Bonchev–Trinajstić information content (AvgIpc) is 3.27. The van der Waals surface area contributed by atoms with Crippen molar-refractivity contribution in [3.63, 3.8) is 0 Å². The number of benzene rings is 10. The zero-order valence-corrected chi connectivity index (χ0v) is 30.3. The topological polar surface area (TPSA) is 3.24 Å². The van der Waals surface area contributed by atoms with E-state index in [0.717, 1.165) is 17.1 Å². The van der Waals surface area contributed by atoms with Crippen molar-refractivity contribution in [1.82, 2.24) is 0 Å². The summed E-state index contributed by atoms with van der Waals surface area (Å²) in [7, 11) is 0. The van der Waals surface area contributed by atoms with Crippen molar-refractivity contribution in [2.45, 2.75) is 0 Å². The van der Waals surface area contributed by atoms with Crippen molar-refractivity contribution in [3.05, 3.63) is 224 Å². The molecule has 0 aliphatic rings. The molecular formula is C54H37N. The van der Waals surface area contributed by atoms with Gasteiger partial charge >= 0.3 is 0 Å². The molecule has 0 saturated heterocycles. The second kappa shape index (κ2) is 14.0. The molecule has 0 heterocycles. The van der Waals surface area contributed by atoms with Crippen LogP contribution in [-0.2, 0) is 0 Å². The molecule has 0 spiro atoms. The van der Waals surface area contributed by atoms with Gasteiger partial charge in [-0.05, 0) is 113 Å². The van der Waals surface area contributed by atoms with Gasteiger partial charge in [-0.25, -0.2) is 0 Å². The molecule has 0 aliphatic carbocycles. The molecule has 10 rings (SSSR count). The number of anilines is 3. The number of hydrogen-bond acceptors (Lipinski definition) is 1. The van der Waals surface area contributed by atoms with Gasteiger partial charge in [0.2, 0.25) is 0 Å². The van der Waals surface area contributed by atoms with Crippen molar-refractivity contribution in [2.75, 3.05) is 4.90 Å². The minimum atomic E-state index is 1.10. The highest BCUT2D eigenvalue weighted by molar-refractivity contribution is 6.22. The van der Waals surface area contributed by atoms with Gasteiger partial charge < -0.3 is 4.90 Å². The van der Waals surface area contributed by atoms with Crippen LogP contribution in [0.3, 0.4) is 0 Å². The van der Waals surface area contributed by atoms with Crippen molar-refractivity contribution in [1.29, 1.82) is 0 Å². The molecule has 1 nitrogen and oxygen atoms in total. The van der Waals surface area contributed by atoms with E-state index in [9.17, 15) is 0 Å². The van der Waals surface area contributed by atoms with Crippen molar-refractivity contribution in [3.8, 4) is 44.5 Å². The SMILES string of the molecule is c1ccc(-c2ccc(N(c3ccc(-c4cccc5c4ccc4ccc6ccccc6c45)cc3)c3ccc(-c4ccccc4)c(-c4ccccc4)c3)cc2)cc1. The van der Waals surface area contributed by atoms with Crippen molar-refractivity contribution in [2.24, 2.45) is 0 Å². The normalized spacial score (nSPS) is 11.3. The summed E-state index contributed by atoms with van der Waals surface area (Å²) in [5, 5.41) is 7.68. The third-order valence-corrected chi connectivity index (χ3v) is 10.9. The van der Waals surface area contributed by atoms with Crippen molar-refractivity contribution < 1.29 is 0 Å². The molecule has 0 bridgehead atoms. The summed E-state index contributed by atoms with van der Waals surface area (Å²) < 4.78 is 0. The molecular weight excluding hydrogens is 663 g/mol. The van der Waals surface area contributed by atoms with E-state index >= 15 is 0 Å². The first-order chi connectivity index (χ1) is 27.3. The molecule has 0 aliphatic heterocycles. The molecule has 0 N–H and O–H groups in total. The van der Waals surface area contributed by atoms with E-state index < -0.39 is 0 Å². The third-order valence-electron chi connectivity index (χ3n) is 10.9. The largest absolute Gasteiger partial charge is 0.310 e. The van der Waals surface area contributed by atoms with E-state index in [1.807, 2.05) is 0 Å². The van der Waals surface area contributed by atoms with E-state index in [-0.39, 0.29) is 0 Å². The lowest BCUT2D eigenvalue weighted by Crippen LogP contribution is -2.10. The molecule has 0 unspecified atom stereocenters. The predicted molar refractivity (Wildman–Crippen MR) is 235 cm³/mol. The Morgan fingerprint density at radius 3 is 1.42 bits per heavy atom. The first kappa shape index (κ1) is 32.4. The highest BCUT2D eigenvalue weighted by Crippen LogP contribution is 2.42. The minimum Gasteiger partial charge on any atom is -0.310 e. The van der Waals surface area contributed by atoms with Crippen LogP contribution in [0.2, 0.25) is 0 Å². The Hall–Kier alpha value is -7.22. The summed E-state index contributed by atoms with van der Waals surface area (Å²) >= 11 is 0. The number of hydrogen-bond donors (Lipinski definition) is 0. The smallest absolute Gasteiger partial charge is 0.0468 e. The third kappa shape index (κ3) is 6.02. The summed E-state index contributed by atoms with van der Waals surface area (Å²) in [6, 6.07) is 81.4. The number of nitrogens with zero attached hydrogens (tertiary/aromatic N) is 1. The van der Waals surface area contributed by atoms with Crippen LogP contribution in [0.15, 0.2) is 224 Å². The molecule has 0 fully saturated rings. The molecule has 0 aromatic heterocycles. The zero-order valence-electron chi connectivity index (χ0n) is 30.3. The molecule has 10 aromatic carbocycles. The number of fused-ring (bicyclic) bond motifs is 5. The van der Waals surface area contributed by atoms with E-state index in [2.05, 4.69) is 229 Å². The van der Waals surface area contributed by atoms with Gasteiger partial charge in [0.05, 0.1) is 0 Å². The molecule has 1 heteroatoms. The quantitative estimate of drug-likeness (QED) is 0.150. The summed E-state index contributed by atoms with van der Waals surface area (Å²) in [6.45, 7) is 0. The van der Waals surface area contributed by atoms with Gasteiger partial charge in [-0.3, -0.25) is 0 Å². The first-order valence-corrected chi connectivity index (χ1v) is 18.9. The first-order valence-electron chi connectivity index (χ1n) is 18.9. The lowest BCUT2D eigenvalue weighted by Gasteiger charge is -2.27. The Kier molecular flexibility index (Phi) is 8.24. The molecule has 55 heavy (non-hydrogen) atoms. The highest BCUT2D eigenvalue weighted by atomic mass is 15.1. The lowest BCUT2D eigenvalue weighted by atomic mass is 9.92. The maximum absolute atomic E-state index is 2.38. The summed E-state index contributed by atoms with van der Waals surface area (Å²) in [6.07, 6.45) is 0. The highest BCUT2D eigenvalue weighted by Gasteiger charge is 2.18. The van der Waals surface area contributed by atoms with Gasteiger partial charge in [-0.1, -0.05) is 188 Å². The Balaban J connectivity index is 1.11. The van der Waals surface area contributed by atoms with Crippen LogP contribution in [0.1, 0.15) is 0 Å². The molecule has 0 radical (unpaired) electrons. The minimum absolute atomic E-state index is 1.10. The van der Waals surface area contributed by atoms with Gasteiger partial charge in [0.25, 0.3) is 0 Å². The van der Waals surface area contributed by atoms with Gasteiger partial charge in [-0.15, -0.1) is 0 Å². The summed E-state index contributed by atoms with van der Waals surface area (Å²) in [5.41, 5.74) is 12.9. The fraction of sp³-hybridized carbons (Fsp3) is 0. The zero-order chi connectivity index (χ0) is 36.6. The molecule has 10 aromatic rings. The monoisotopic (exact) mass is 699 g/mol. The van der Waals surface area contributed by atoms with Gasteiger partial charge in [0.15, 0.2) is 0 Å². The fourth-order valence-corrected chi connectivity index (χ4v) is 8.18. The van der Waals surface area contributed by atoms with E-state index in [0.29, 0.717) is 0 Å². The fourth-order valence-electron chi connectivity index (χ4n) is 8.18. The number of rotatable bonds is 7. The summed E-state index contributed by atoms with van der Waals surface area (Å²) in [5.74, 6) is 0. The van der Waals surface area contributed by atoms with Gasteiger partial charge in [0.1, 0.15) is 0 Å². The second-order valence-corrected chi connectivity index (χ2v) is 14.1. The Morgan fingerprint density at radius 1 is 0.236 bits per heavy atom. The van der Waals surface area contributed by atoms with Crippen molar-refractivity contribution >= 4 is 49.4 Å². The van der Waals surface area contributed by atoms with Crippen LogP contribution in [-0.4, -0.2) is 0 Å². The maximum Gasteiger partial charge on any atom is 0.0468 e. The lowest BCUT2D eigenvalue weighted by molar-refractivity contribution is 1.28. The standard InChI is InChI=1S/C54H37N/c1-4-13-38(14-5-1)39-25-30-45(31-26-39)55(47-34-36-49(40-15-6-2-7-16-40)53(37-47)41-17-8-3-9-18-41)46-32-27-43(28-33-46)48-21-12-22-52-51(48)35-29-44-24-23-42-19-10-11-20-50(42)54(44)52/h1-37H. The summed E-state index contributed by atoms with van der Waals surface area (Å²) in [4.78, 5) is 2.38. The molecule has 0 amide bonds. The van der Waals surface area contributed by atoms with Gasteiger partial charge in [-0.2, -0.15) is 0 Å². The molecule has 0 saturated carbocycles. The Bertz CT molecular complexity index is 2930. The molecule has 258 valence electrons. The van der Waals surface area contributed by atoms with Gasteiger partial charge in [0, 0.05) is 17.1 Å². The van der Waals surface area contributed by atoms with Crippen LogP contribution < -0.4 is 4.90 Å². The van der Waals surface area contributed by atoms with E-state index in [1.165, 1.54) is 76.8 Å². The van der Waals surface area contributed by atoms with Crippen LogP contribution in [0.5, 0.6) is 0 Å². The van der Waals surface area contributed by atoms with Crippen LogP contribution >= 0.6 is 0 Å². The average molecular weight is 700 g/mol. The van der Waals surface area contributed by atoms with E-state index in [4.69, 9.17) is 0 Å². The van der Waals surface area contributed by atoms with Crippen LogP contribution in [0.25, 0.3) is 76.8 Å². The maximum atomic E-state index is 2.38. The second-order valence-electron chi connectivity index (χ2n) is 14.1. The Morgan fingerprint density at radius 2 is 0.727 bits per heavy atom. The molecule has 0 atom stereocenters. The van der Waals surface area contributed by atoms with Crippen LogP contribution in [0, 0.1) is 0 Å². The van der Waals surface area contributed by atoms with E-state index in [1.54, 1.807) is 0 Å². The van der Waals surface area contributed by atoms with Crippen LogP contribution in [0.4, 0.5) is 17.1 Å². The Labute approximate surface area is 322 Å².